The van der Waals surface area contributed by atoms with Crippen molar-refractivity contribution >= 4 is 42.6 Å². The number of amides is 1. The van der Waals surface area contributed by atoms with Crippen LogP contribution in [0.2, 0.25) is 0 Å². The van der Waals surface area contributed by atoms with Crippen LogP contribution in [-0.4, -0.2) is 49.7 Å². The Kier molecular flexibility index (Phi) is 5.23. The van der Waals surface area contributed by atoms with Gasteiger partial charge in [0.1, 0.15) is 0 Å². The molecular weight excluding hydrogens is 440 g/mol. The molecule has 1 aliphatic heterocycles. The molecule has 0 unspecified atom stereocenters. The standard InChI is InChI=1S/C21H19BrN2O3S/c22-19-10-3-4-11-20(19)28(26,27)24-14-12-23(13-15-24)21(25)18-9-5-7-16-6-1-2-8-17(16)18/h1-11H,12-15H2. The summed E-state index contributed by atoms with van der Waals surface area (Å²) in [7, 11) is -3.59. The van der Waals surface area contributed by atoms with Crippen molar-refractivity contribution in [3.05, 3.63) is 76.8 Å². The molecule has 0 aromatic heterocycles. The molecule has 7 heteroatoms. The van der Waals surface area contributed by atoms with Crippen molar-refractivity contribution < 1.29 is 13.2 Å². The molecule has 0 atom stereocenters. The molecule has 3 aromatic carbocycles. The molecule has 3 aromatic rings. The number of fused-ring (bicyclic) bond motifs is 1. The first-order valence-corrected chi connectivity index (χ1v) is 11.2. The molecule has 28 heavy (non-hydrogen) atoms. The Morgan fingerprint density at radius 2 is 1.46 bits per heavy atom. The quantitative estimate of drug-likeness (QED) is 0.600. The topological polar surface area (TPSA) is 57.7 Å². The Balaban J connectivity index is 1.53. The van der Waals surface area contributed by atoms with Gasteiger partial charge in [-0.15, -0.1) is 0 Å². The summed E-state index contributed by atoms with van der Waals surface area (Å²) in [5.41, 5.74) is 0.653. The van der Waals surface area contributed by atoms with Gasteiger partial charge in [-0.2, -0.15) is 4.31 Å². The lowest BCUT2D eigenvalue weighted by molar-refractivity contribution is 0.0700. The van der Waals surface area contributed by atoms with Gasteiger partial charge in [-0.05, 0) is 44.9 Å². The van der Waals surface area contributed by atoms with Crippen molar-refractivity contribution in [3.8, 4) is 0 Å². The van der Waals surface area contributed by atoms with Crippen LogP contribution in [0.4, 0.5) is 0 Å². The summed E-state index contributed by atoms with van der Waals surface area (Å²) in [6.45, 7) is 1.29. The minimum absolute atomic E-state index is 0.0604. The maximum absolute atomic E-state index is 13.0. The lowest BCUT2D eigenvalue weighted by Gasteiger charge is -2.34. The number of benzene rings is 3. The number of hydrogen-bond donors (Lipinski definition) is 0. The Bertz CT molecular complexity index is 1130. The Morgan fingerprint density at radius 3 is 2.21 bits per heavy atom. The summed E-state index contributed by atoms with van der Waals surface area (Å²) in [5.74, 6) is -0.0604. The van der Waals surface area contributed by atoms with Crippen LogP contribution in [0.15, 0.2) is 76.1 Å². The van der Waals surface area contributed by atoms with Crippen LogP contribution in [0.3, 0.4) is 0 Å². The minimum Gasteiger partial charge on any atom is -0.336 e. The fourth-order valence-corrected chi connectivity index (χ4v) is 5.89. The van der Waals surface area contributed by atoms with E-state index in [0.29, 0.717) is 23.1 Å². The highest BCUT2D eigenvalue weighted by Gasteiger charge is 2.31. The smallest absolute Gasteiger partial charge is 0.254 e. The third-order valence-corrected chi connectivity index (χ3v) is 7.91. The van der Waals surface area contributed by atoms with Crippen molar-refractivity contribution in [2.24, 2.45) is 0 Å². The molecule has 1 saturated heterocycles. The predicted molar refractivity (Wildman–Crippen MR) is 113 cm³/mol. The zero-order valence-electron chi connectivity index (χ0n) is 15.1. The molecule has 1 amide bonds. The molecule has 0 N–H and O–H groups in total. The highest BCUT2D eigenvalue weighted by molar-refractivity contribution is 9.10. The van der Waals surface area contributed by atoms with E-state index in [-0.39, 0.29) is 23.9 Å². The zero-order chi connectivity index (χ0) is 19.7. The van der Waals surface area contributed by atoms with E-state index in [0.717, 1.165) is 10.8 Å². The van der Waals surface area contributed by atoms with Crippen LogP contribution in [0.5, 0.6) is 0 Å². The first kappa shape index (κ1) is 19.1. The summed E-state index contributed by atoms with van der Waals surface area (Å²) in [4.78, 5) is 15.0. The van der Waals surface area contributed by atoms with Gasteiger partial charge in [-0.3, -0.25) is 4.79 Å². The van der Waals surface area contributed by atoms with Crippen LogP contribution in [0, 0.1) is 0 Å². The first-order valence-electron chi connectivity index (χ1n) is 9.00. The highest BCUT2D eigenvalue weighted by Crippen LogP contribution is 2.26. The Labute approximate surface area is 172 Å². The van der Waals surface area contributed by atoms with Crippen molar-refractivity contribution in [1.29, 1.82) is 0 Å². The van der Waals surface area contributed by atoms with E-state index in [1.54, 1.807) is 29.2 Å². The Morgan fingerprint density at radius 1 is 0.821 bits per heavy atom. The van der Waals surface area contributed by atoms with E-state index in [1.807, 2.05) is 42.5 Å². The number of rotatable bonds is 3. The fraction of sp³-hybridized carbons (Fsp3) is 0.190. The summed E-state index contributed by atoms with van der Waals surface area (Å²) >= 11 is 3.32. The zero-order valence-corrected chi connectivity index (χ0v) is 17.5. The van der Waals surface area contributed by atoms with Gasteiger partial charge in [0, 0.05) is 36.2 Å². The summed E-state index contributed by atoms with van der Waals surface area (Å²) < 4.78 is 27.8. The van der Waals surface area contributed by atoms with Gasteiger partial charge in [0.2, 0.25) is 10.0 Å². The number of nitrogens with zero attached hydrogens (tertiary/aromatic N) is 2. The van der Waals surface area contributed by atoms with Gasteiger partial charge >= 0.3 is 0 Å². The van der Waals surface area contributed by atoms with Gasteiger partial charge in [0.15, 0.2) is 0 Å². The van der Waals surface area contributed by atoms with Crippen LogP contribution in [-0.2, 0) is 10.0 Å². The predicted octanol–water partition coefficient (Wildman–Crippen LogP) is 3.75. The van der Waals surface area contributed by atoms with E-state index in [9.17, 15) is 13.2 Å². The number of halogens is 1. The molecule has 0 spiro atoms. The molecule has 1 aliphatic rings. The van der Waals surface area contributed by atoms with Crippen molar-refractivity contribution in [3.63, 3.8) is 0 Å². The highest BCUT2D eigenvalue weighted by atomic mass is 79.9. The van der Waals surface area contributed by atoms with Crippen LogP contribution in [0.1, 0.15) is 10.4 Å². The normalized spacial score (nSPS) is 15.7. The largest absolute Gasteiger partial charge is 0.336 e. The number of carbonyl (C=O) groups excluding carboxylic acids is 1. The van der Waals surface area contributed by atoms with E-state index in [2.05, 4.69) is 15.9 Å². The lowest BCUT2D eigenvalue weighted by atomic mass is 10.0. The molecule has 0 aliphatic carbocycles. The van der Waals surface area contributed by atoms with Crippen LogP contribution in [0.25, 0.3) is 10.8 Å². The third kappa shape index (κ3) is 3.45. The lowest BCUT2D eigenvalue weighted by Crippen LogP contribution is -2.50. The van der Waals surface area contributed by atoms with Gasteiger partial charge < -0.3 is 4.90 Å². The number of piperazine rings is 1. The third-order valence-electron chi connectivity index (χ3n) is 5.00. The average Bonchev–Trinajstić information content (AvgIpc) is 2.73. The fourth-order valence-electron chi connectivity index (χ4n) is 3.51. The maximum atomic E-state index is 13.0. The number of hydrogen-bond acceptors (Lipinski definition) is 3. The molecule has 1 fully saturated rings. The molecule has 0 saturated carbocycles. The first-order chi connectivity index (χ1) is 13.5. The van der Waals surface area contributed by atoms with Gasteiger partial charge in [-0.1, -0.05) is 48.5 Å². The minimum atomic E-state index is -3.59. The SMILES string of the molecule is O=C(c1cccc2ccccc12)N1CCN(S(=O)(=O)c2ccccc2Br)CC1. The Hall–Kier alpha value is -2.22. The van der Waals surface area contributed by atoms with Gasteiger partial charge in [-0.25, -0.2) is 8.42 Å². The second-order valence-corrected chi connectivity index (χ2v) is 9.41. The summed E-state index contributed by atoms with van der Waals surface area (Å²) in [5, 5.41) is 1.93. The molecular formula is C21H19BrN2O3S. The molecule has 144 valence electrons. The maximum Gasteiger partial charge on any atom is 0.254 e. The average molecular weight is 459 g/mol. The molecule has 0 radical (unpaired) electrons. The number of carbonyl (C=O) groups is 1. The van der Waals surface area contributed by atoms with Gasteiger partial charge in [0.05, 0.1) is 4.90 Å². The van der Waals surface area contributed by atoms with Crippen LogP contribution >= 0.6 is 15.9 Å². The second-order valence-electron chi connectivity index (χ2n) is 6.65. The van der Waals surface area contributed by atoms with Crippen molar-refractivity contribution in [2.45, 2.75) is 4.90 Å². The van der Waals surface area contributed by atoms with Gasteiger partial charge in [0.25, 0.3) is 5.91 Å². The molecule has 4 rings (SSSR count). The summed E-state index contributed by atoms with van der Waals surface area (Å²) in [6, 6.07) is 20.3. The molecule has 5 nitrogen and oxygen atoms in total. The van der Waals surface area contributed by atoms with E-state index < -0.39 is 10.0 Å². The summed E-state index contributed by atoms with van der Waals surface area (Å²) in [6.07, 6.45) is 0. The van der Waals surface area contributed by atoms with Crippen molar-refractivity contribution in [2.75, 3.05) is 26.2 Å². The van der Waals surface area contributed by atoms with Crippen LogP contribution < -0.4 is 0 Å². The van der Waals surface area contributed by atoms with E-state index in [4.69, 9.17) is 0 Å². The van der Waals surface area contributed by atoms with Crippen molar-refractivity contribution in [1.82, 2.24) is 9.21 Å². The molecule has 1 heterocycles. The molecule has 0 bridgehead atoms. The van der Waals surface area contributed by atoms with E-state index in [1.165, 1.54) is 4.31 Å². The monoisotopic (exact) mass is 458 g/mol. The van der Waals surface area contributed by atoms with E-state index >= 15 is 0 Å². The number of sulfonamides is 1. The second kappa shape index (κ2) is 7.66.